The van der Waals surface area contributed by atoms with Crippen molar-refractivity contribution in [3.05, 3.63) is 20.8 Å². The first-order valence-corrected chi connectivity index (χ1v) is 9.37. The van der Waals surface area contributed by atoms with E-state index in [2.05, 4.69) is 10.3 Å². The van der Waals surface area contributed by atoms with Crippen LogP contribution in [0.15, 0.2) is 9.59 Å². The Bertz CT molecular complexity index is 641. The fourth-order valence-corrected chi connectivity index (χ4v) is 2.70. The molecule has 1 aromatic heterocycles. The minimum Gasteiger partial charge on any atom is -0.383 e. The van der Waals surface area contributed by atoms with Gasteiger partial charge in [0.05, 0.1) is 0 Å². The monoisotopic (exact) mass is 359 g/mol. The lowest BCUT2D eigenvalue weighted by atomic mass is 10.3. The second-order valence-electron chi connectivity index (χ2n) is 5.14. The zero-order chi connectivity index (χ0) is 17.4. The number of nitrogens with two attached hydrogens (primary N) is 1. The highest BCUT2D eigenvalue weighted by atomic mass is 32.2. The highest BCUT2D eigenvalue weighted by Gasteiger charge is 2.18. The minimum atomic E-state index is -0.531. The van der Waals surface area contributed by atoms with E-state index < -0.39 is 11.2 Å². The zero-order valence-corrected chi connectivity index (χ0v) is 15.5. The van der Waals surface area contributed by atoms with Crippen molar-refractivity contribution >= 4 is 40.6 Å². The van der Waals surface area contributed by atoms with Crippen molar-refractivity contribution in [2.75, 3.05) is 36.2 Å². The molecule has 1 aromatic rings. The van der Waals surface area contributed by atoms with Crippen LogP contribution in [0.1, 0.15) is 26.2 Å². The summed E-state index contributed by atoms with van der Waals surface area (Å²) in [5.74, 6) is 1.17. The molecule has 1 rings (SSSR count). The maximum Gasteiger partial charge on any atom is 0.330 e. The normalized spacial score (nSPS) is 10.6. The van der Waals surface area contributed by atoms with E-state index in [1.807, 2.05) is 13.2 Å². The second-order valence-corrected chi connectivity index (χ2v) is 6.51. The molecule has 0 saturated carbocycles. The van der Waals surface area contributed by atoms with Gasteiger partial charge in [-0.1, -0.05) is 13.3 Å². The number of aromatic amines is 1. The van der Waals surface area contributed by atoms with Gasteiger partial charge in [0.2, 0.25) is 0 Å². The summed E-state index contributed by atoms with van der Waals surface area (Å²) in [6, 6.07) is 0. The smallest absolute Gasteiger partial charge is 0.330 e. The Balaban J connectivity index is 2.99. The van der Waals surface area contributed by atoms with E-state index in [-0.39, 0.29) is 11.5 Å². The highest BCUT2D eigenvalue weighted by Crippen LogP contribution is 2.15. The number of unbranched alkanes of at least 4 members (excludes halogenated alkanes) is 1. The first-order valence-electron chi connectivity index (χ1n) is 7.57. The fraction of sp³-hybridized carbons (Fsp3) is 0.643. The maximum absolute atomic E-state index is 12.1. The quantitative estimate of drug-likeness (QED) is 0.470. The van der Waals surface area contributed by atoms with E-state index in [0.717, 1.165) is 31.6 Å². The Kier molecular flexibility index (Phi) is 8.18. The predicted molar refractivity (Wildman–Crippen MR) is 103 cm³/mol. The molecule has 0 aliphatic heterocycles. The van der Waals surface area contributed by atoms with Crippen LogP contribution in [0.2, 0.25) is 0 Å². The SMILES string of the molecule is CCCCn1c(N)c(N(C)C(=S)NCCCSC)c(=O)[nH]c1=O. The number of hydrogen-bond acceptors (Lipinski definition) is 5. The van der Waals surface area contributed by atoms with Crippen molar-refractivity contribution in [1.29, 1.82) is 0 Å². The molecule has 7 nitrogen and oxygen atoms in total. The number of nitrogens with one attached hydrogen (secondary N) is 2. The number of aromatic nitrogens is 2. The first kappa shape index (κ1) is 19.6. The number of rotatable bonds is 8. The summed E-state index contributed by atoms with van der Waals surface area (Å²) < 4.78 is 1.38. The summed E-state index contributed by atoms with van der Waals surface area (Å²) >= 11 is 7.07. The Hall–Kier alpha value is -1.48. The van der Waals surface area contributed by atoms with E-state index in [4.69, 9.17) is 18.0 Å². The van der Waals surface area contributed by atoms with Crippen LogP contribution >= 0.6 is 24.0 Å². The lowest BCUT2D eigenvalue weighted by Gasteiger charge is -2.23. The average molecular weight is 360 g/mol. The van der Waals surface area contributed by atoms with Gasteiger partial charge in [-0.05, 0) is 37.1 Å². The molecule has 0 spiro atoms. The molecule has 0 fully saturated rings. The molecule has 0 saturated heterocycles. The van der Waals surface area contributed by atoms with Gasteiger partial charge < -0.3 is 16.0 Å². The average Bonchev–Trinajstić information content (AvgIpc) is 2.50. The van der Waals surface area contributed by atoms with Crippen LogP contribution in [0.25, 0.3) is 0 Å². The molecule has 0 atom stereocenters. The van der Waals surface area contributed by atoms with E-state index in [1.165, 1.54) is 9.47 Å². The first-order chi connectivity index (χ1) is 10.9. The summed E-state index contributed by atoms with van der Waals surface area (Å²) in [6.07, 6.45) is 4.74. The molecule has 1 heterocycles. The third-order valence-corrected chi connectivity index (χ3v) is 4.51. The van der Waals surface area contributed by atoms with Gasteiger partial charge in [0.15, 0.2) is 5.11 Å². The van der Waals surface area contributed by atoms with Gasteiger partial charge in [-0.2, -0.15) is 11.8 Å². The van der Waals surface area contributed by atoms with Crippen molar-refractivity contribution in [3.8, 4) is 0 Å². The molecule has 0 amide bonds. The van der Waals surface area contributed by atoms with Gasteiger partial charge in [0, 0.05) is 20.1 Å². The standard InChI is InChI=1S/C14H25N5O2S2/c1-4-5-8-19-11(15)10(12(20)17-13(19)21)18(2)14(22)16-7-6-9-23-3/h4-9,15H2,1-3H3,(H,16,22)(H,17,20,21). The Morgan fingerprint density at radius 1 is 1.43 bits per heavy atom. The van der Waals surface area contributed by atoms with Gasteiger partial charge in [-0.3, -0.25) is 14.3 Å². The lowest BCUT2D eigenvalue weighted by molar-refractivity contribution is 0.605. The van der Waals surface area contributed by atoms with Crippen molar-refractivity contribution in [1.82, 2.24) is 14.9 Å². The molecule has 4 N–H and O–H groups in total. The molecule has 130 valence electrons. The Labute approximate surface area is 145 Å². The summed E-state index contributed by atoms with van der Waals surface area (Å²) in [6.45, 7) is 3.21. The molecule has 23 heavy (non-hydrogen) atoms. The third-order valence-electron chi connectivity index (χ3n) is 3.39. The van der Waals surface area contributed by atoms with E-state index in [1.54, 1.807) is 18.8 Å². The fourth-order valence-electron chi connectivity index (χ4n) is 2.07. The number of nitrogen functional groups attached to an aromatic ring is 1. The number of H-pyrrole nitrogens is 1. The topological polar surface area (TPSA) is 96.2 Å². The van der Waals surface area contributed by atoms with E-state index in [9.17, 15) is 9.59 Å². The van der Waals surface area contributed by atoms with Gasteiger partial charge in [0.1, 0.15) is 11.5 Å². The van der Waals surface area contributed by atoms with Gasteiger partial charge in [-0.25, -0.2) is 4.79 Å². The van der Waals surface area contributed by atoms with Crippen molar-refractivity contribution < 1.29 is 0 Å². The minimum absolute atomic E-state index is 0.142. The molecular formula is C14H25N5O2S2. The highest BCUT2D eigenvalue weighted by molar-refractivity contribution is 7.98. The number of hydrogen-bond donors (Lipinski definition) is 3. The number of nitrogens with zero attached hydrogens (tertiary/aromatic N) is 2. The number of thioether (sulfide) groups is 1. The van der Waals surface area contributed by atoms with Crippen LogP contribution in [0.4, 0.5) is 11.5 Å². The largest absolute Gasteiger partial charge is 0.383 e. The van der Waals surface area contributed by atoms with E-state index >= 15 is 0 Å². The molecule has 0 aliphatic rings. The summed E-state index contributed by atoms with van der Waals surface area (Å²) in [4.78, 5) is 27.9. The van der Waals surface area contributed by atoms with Crippen molar-refractivity contribution in [2.24, 2.45) is 0 Å². The zero-order valence-electron chi connectivity index (χ0n) is 13.8. The Morgan fingerprint density at radius 3 is 2.74 bits per heavy atom. The second kappa shape index (κ2) is 9.61. The van der Waals surface area contributed by atoms with Crippen LogP contribution in [-0.4, -0.2) is 40.3 Å². The number of anilines is 2. The molecule has 0 aromatic carbocycles. The summed E-state index contributed by atoms with van der Waals surface area (Å²) in [7, 11) is 1.67. The number of thiocarbonyl (C=S) groups is 1. The van der Waals surface area contributed by atoms with Crippen LogP contribution in [0, 0.1) is 0 Å². The lowest BCUT2D eigenvalue weighted by Crippen LogP contribution is -2.43. The summed E-state index contributed by atoms with van der Waals surface area (Å²) in [5, 5.41) is 3.50. The van der Waals surface area contributed by atoms with Crippen LogP contribution in [-0.2, 0) is 6.54 Å². The van der Waals surface area contributed by atoms with Crippen LogP contribution in [0.5, 0.6) is 0 Å². The van der Waals surface area contributed by atoms with Crippen LogP contribution in [0.3, 0.4) is 0 Å². The molecule has 0 radical (unpaired) electrons. The van der Waals surface area contributed by atoms with Crippen molar-refractivity contribution in [3.63, 3.8) is 0 Å². The van der Waals surface area contributed by atoms with Crippen molar-refractivity contribution in [2.45, 2.75) is 32.7 Å². The van der Waals surface area contributed by atoms with E-state index in [0.29, 0.717) is 11.7 Å². The maximum atomic E-state index is 12.1. The molecule has 0 unspecified atom stereocenters. The van der Waals surface area contributed by atoms with Gasteiger partial charge in [0.25, 0.3) is 5.56 Å². The molecule has 0 bridgehead atoms. The third kappa shape index (κ3) is 5.28. The van der Waals surface area contributed by atoms with Gasteiger partial charge in [-0.15, -0.1) is 0 Å². The van der Waals surface area contributed by atoms with Gasteiger partial charge >= 0.3 is 5.69 Å². The molecular weight excluding hydrogens is 334 g/mol. The Morgan fingerprint density at radius 2 is 2.13 bits per heavy atom. The molecule has 0 aliphatic carbocycles. The molecule has 9 heteroatoms. The van der Waals surface area contributed by atoms with Crippen LogP contribution < -0.4 is 27.2 Å². The predicted octanol–water partition coefficient (Wildman–Crippen LogP) is 0.983. The summed E-state index contributed by atoms with van der Waals surface area (Å²) in [5.41, 5.74) is 5.23.